The van der Waals surface area contributed by atoms with E-state index in [4.69, 9.17) is 4.74 Å². The number of quaternary nitrogens is 2. The molecule has 2 heterocycles. The molecule has 23 heavy (non-hydrogen) atoms. The predicted octanol–water partition coefficient (Wildman–Crippen LogP) is 0.336. The smallest absolute Gasteiger partial charge is 0.127 e. The SMILES string of the molecule is COc1ccc(Br)cc1C[NH+]1CC[NH+](Cc2ccccn2)CC1. The number of hydrogen-bond acceptors (Lipinski definition) is 2. The molecule has 1 aromatic carbocycles. The van der Waals surface area contributed by atoms with E-state index in [2.05, 4.69) is 39.1 Å². The van der Waals surface area contributed by atoms with Crippen molar-refractivity contribution in [1.82, 2.24) is 4.98 Å². The number of nitrogens with zero attached hydrogens (tertiary/aromatic N) is 1. The summed E-state index contributed by atoms with van der Waals surface area (Å²) in [4.78, 5) is 7.71. The van der Waals surface area contributed by atoms with Crippen molar-refractivity contribution < 1.29 is 14.5 Å². The van der Waals surface area contributed by atoms with Crippen LogP contribution in [0.4, 0.5) is 0 Å². The van der Waals surface area contributed by atoms with E-state index >= 15 is 0 Å². The van der Waals surface area contributed by atoms with Gasteiger partial charge < -0.3 is 14.5 Å². The summed E-state index contributed by atoms with van der Waals surface area (Å²) in [5.41, 5.74) is 2.48. The predicted molar refractivity (Wildman–Crippen MR) is 93.7 cm³/mol. The molecule has 0 bridgehead atoms. The number of nitrogens with one attached hydrogen (secondary N) is 2. The van der Waals surface area contributed by atoms with E-state index in [1.807, 2.05) is 24.4 Å². The number of benzene rings is 1. The Hall–Kier alpha value is -1.43. The fourth-order valence-electron chi connectivity index (χ4n) is 3.22. The highest BCUT2D eigenvalue weighted by Crippen LogP contribution is 2.22. The normalized spacial score (nSPS) is 21.1. The maximum Gasteiger partial charge on any atom is 0.127 e. The van der Waals surface area contributed by atoms with E-state index in [1.165, 1.54) is 37.4 Å². The van der Waals surface area contributed by atoms with Crippen molar-refractivity contribution in [3.8, 4) is 5.75 Å². The van der Waals surface area contributed by atoms with Crippen molar-refractivity contribution in [3.63, 3.8) is 0 Å². The second-order valence-corrected chi connectivity index (χ2v) is 7.05. The Morgan fingerprint density at radius 2 is 1.78 bits per heavy atom. The Kier molecular flexibility index (Phi) is 5.65. The number of pyridine rings is 1. The zero-order valence-electron chi connectivity index (χ0n) is 13.5. The van der Waals surface area contributed by atoms with Gasteiger partial charge in [-0.25, -0.2) is 0 Å². The Bertz CT molecular complexity index is 627. The molecule has 122 valence electrons. The third-order valence-corrected chi connectivity index (χ3v) is 5.00. The van der Waals surface area contributed by atoms with Crippen LogP contribution in [0.15, 0.2) is 47.1 Å². The van der Waals surface area contributed by atoms with Crippen LogP contribution < -0.4 is 14.5 Å². The maximum atomic E-state index is 5.49. The third kappa shape index (κ3) is 4.53. The summed E-state index contributed by atoms with van der Waals surface area (Å²) in [5.74, 6) is 0.990. The second kappa shape index (κ2) is 7.90. The number of ether oxygens (including phenoxy) is 1. The molecule has 4 nitrogen and oxygen atoms in total. The number of piperazine rings is 1. The molecule has 0 aliphatic carbocycles. The van der Waals surface area contributed by atoms with Crippen LogP contribution in [0.2, 0.25) is 0 Å². The number of methoxy groups -OCH3 is 1. The highest BCUT2D eigenvalue weighted by Gasteiger charge is 2.24. The molecule has 0 unspecified atom stereocenters. The summed E-state index contributed by atoms with van der Waals surface area (Å²) < 4.78 is 6.61. The van der Waals surface area contributed by atoms with Gasteiger partial charge in [-0.15, -0.1) is 0 Å². The maximum absolute atomic E-state index is 5.49. The Morgan fingerprint density at radius 3 is 2.43 bits per heavy atom. The van der Waals surface area contributed by atoms with Crippen molar-refractivity contribution in [2.24, 2.45) is 0 Å². The van der Waals surface area contributed by atoms with E-state index in [-0.39, 0.29) is 0 Å². The topological polar surface area (TPSA) is 31.0 Å². The molecule has 0 spiro atoms. The molecule has 2 N–H and O–H groups in total. The molecule has 0 radical (unpaired) electrons. The lowest BCUT2D eigenvalue weighted by Crippen LogP contribution is -3.27. The molecule has 5 heteroatoms. The first-order chi connectivity index (χ1) is 11.2. The molecule has 2 aromatic rings. The van der Waals surface area contributed by atoms with Gasteiger partial charge >= 0.3 is 0 Å². The van der Waals surface area contributed by atoms with Gasteiger partial charge in [-0.05, 0) is 30.3 Å². The van der Waals surface area contributed by atoms with Gasteiger partial charge in [-0.1, -0.05) is 22.0 Å². The summed E-state index contributed by atoms with van der Waals surface area (Å²) in [7, 11) is 1.75. The molecule has 1 aliphatic rings. The zero-order chi connectivity index (χ0) is 16.1. The first-order valence-corrected chi connectivity index (χ1v) is 8.93. The molecule has 1 aromatic heterocycles. The van der Waals surface area contributed by atoms with Crippen LogP contribution >= 0.6 is 15.9 Å². The zero-order valence-corrected chi connectivity index (χ0v) is 15.1. The molecule has 0 saturated carbocycles. The van der Waals surface area contributed by atoms with Gasteiger partial charge in [0.15, 0.2) is 0 Å². The summed E-state index contributed by atoms with van der Waals surface area (Å²) in [5, 5.41) is 0. The highest BCUT2D eigenvalue weighted by atomic mass is 79.9. The third-order valence-electron chi connectivity index (χ3n) is 4.50. The Balaban J connectivity index is 1.54. The van der Waals surface area contributed by atoms with Crippen LogP contribution in [0.3, 0.4) is 0 Å². The van der Waals surface area contributed by atoms with Crippen LogP contribution in [0, 0.1) is 0 Å². The first-order valence-electron chi connectivity index (χ1n) is 8.14. The highest BCUT2D eigenvalue weighted by molar-refractivity contribution is 9.10. The van der Waals surface area contributed by atoms with E-state index < -0.39 is 0 Å². The van der Waals surface area contributed by atoms with Gasteiger partial charge in [0.05, 0.1) is 12.8 Å². The molecule has 0 atom stereocenters. The second-order valence-electron chi connectivity index (χ2n) is 6.13. The van der Waals surface area contributed by atoms with Gasteiger partial charge in [0.1, 0.15) is 45.0 Å². The summed E-state index contributed by atoms with van der Waals surface area (Å²) in [6.07, 6.45) is 1.88. The monoisotopic (exact) mass is 377 g/mol. The number of hydrogen-bond donors (Lipinski definition) is 2. The molecule has 1 aliphatic heterocycles. The lowest BCUT2D eigenvalue weighted by atomic mass is 10.1. The van der Waals surface area contributed by atoms with E-state index in [9.17, 15) is 0 Å². The molecular weight excluding hydrogens is 354 g/mol. The minimum absolute atomic E-state index is 0.990. The Morgan fingerprint density at radius 1 is 1.04 bits per heavy atom. The Labute approximate surface area is 146 Å². The standard InChI is InChI=1S/C18H22BrN3O/c1-23-18-6-5-16(19)12-15(18)13-21-8-10-22(11-9-21)14-17-4-2-3-7-20-17/h2-7,12H,8-11,13-14H2,1H3/p+2. The van der Waals surface area contributed by atoms with Crippen LogP contribution in [0.1, 0.15) is 11.3 Å². The number of aromatic nitrogens is 1. The molecule has 3 rings (SSSR count). The lowest BCUT2D eigenvalue weighted by Gasteiger charge is -2.29. The van der Waals surface area contributed by atoms with Gasteiger partial charge in [0.25, 0.3) is 0 Å². The van der Waals surface area contributed by atoms with Crippen LogP contribution in [0.5, 0.6) is 5.75 Å². The summed E-state index contributed by atoms with van der Waals surface area (Å²) in [6.45, 7) is 6.84. The van der Waals surface area contributed by atoms with Gasteiger partial charge in [-0.3, -0.25) is 4.98 Å². The number of halogens is 1. The van der Waals surface area contributed by atoms with Crippen LogP contribution in [-0.2, 0) is 13.1 Å². The van der Waals surface area contributed by atoms with Crippen molar-refractivity contribution >= 4 is 15.9 Å². The fraction of sp³-hybridized carbons (Fsp3) is 0.389. The average Bonchev–Trinajstić information content (AvgIpc) is 2.58. The van der Waals surface area contributed by atoms with E-state index in [1.54, 1.807) is 16.9 Å². The summed E-state index contributed by atoms with van der Waals surface area (Å²) >= 11 is 3.56. The van der Waals surface area contributed by atoms with Crippen molar-refractivity contribution in [2.75, 3.05) is 33.3 Å². The van der Waals surface area contributed by atoms with Gasteiger partial charge in [0.2, 0.25) is 0 Å². The fourth-order valence-corrected chi connectivity index (χ4v) is 3.63. The van der Waals surface area contributed by atoms with Crippen LogP contribution in [0.25, 0.3) is 0 Å². The average molecular weight is 378 g/mol. The first kappa shape index (κ1) is 16.4. The minimum Gasteiger partial charge on any atom is -0.496 e. The van der Waals surface area contributed by atoms with E-state index in [0.29, 0.717) is 0 Å². The molecule has 0 amide bonds. The van der Waals surface area contributed by atoms with Crippen molar-refractivity contribution in [1.29, 1.82) is 0 Å². The summed E-state index contributed by atoms with van der Waals surface area (Å²) in [6, 6.07) is 12.4. The van der Waals surface area contributed by atoms with Crippen molar-refractivity contribution in [2.45, 2.75) is 13.1 Å². The van der Waals surface area contributed by atoms with Gasteiger partial charge in [0, 0.05) is 16.2 Å². The molecule has 1 saturated heterocycles. The largest absolute Gasteiger partial charge is 0.496 e. The molecule has 1 fully saturated rings. The van der Waals surface area contributed by atoms with Crippen molar-refractivity contribution in [3.05, 3.63) is 58.3 Å². The molecular formula is C18H24BrN3O+2. The quantitative estimate of drug-likeness (QED) is 0.786. The minimum atomic E-state index is 0.990. The van der Waals surface area contributed by atoms with Gasteiger partial charge in [-0.2, -0.15) is 0 Å². The number of rotatable bonds is 5. The van der Waals surface area contributed by atoms with E-state index in [0.717, 1.165) is 23.3 Å². The van der Waals surface area contributed by atoms with Crippen LogP contribution in [-0.4, -0.2) is 38.3 Å². The lowest BCUT2D eigenvalue weighted by molar-refractivity contribution is -1.02.